The molecule has 5 bridgehead atoms. The van der Waals surface area contributed by atoms with Crippen LogP contribution in [-0.4, -0.2) is 12.6 Å². The van der Waals surface area contributed by atoms with E-state index >= 15 is 0 Å². The van der Waals surface area contributed by atoms with Crippen molar-refractivity contribution in [1.29, 1.82) is 0 Å². The van der Waals surface area contributed by atoms with E-state index in [1.54, 1.807) is 0 Å². The Bertz CT molecular complexity index is 337. The minimum Gasteiger partial charge on any atom is -0.465 e. The Balaban J connectivity index is 1.90. The molecule has 1 heterocycles. The molecule has 0 spiro atoms. The van der Waals surface area contributed by atoms with Crippen molar-refractivity contribution in [3.05, 3.63) is 0 Å². The lowest BCUT2D eigenvalue weighted by Gasteiger charge is -2.50. The Morgan fingerprint density at radius 1 is 1.43 bits per heavy atom. The summed E-state index contributed by atoms with van der Waals surface area (Å²) in [6, 6.07) is 0. The fourth-order valence-corrected chi connectivity index (χ4v) is 5.66. The third-order valence-electron chi connectivity index (χ3n) is 6.09. The SMILES string of the molecule is CC1C2C3COC(=O)C4CC1C3(C)C42. The zero-order valence-electron chi connectivity index (χ0n) is 8.69. The van der Waals surface area contributed by atoms with Gasteiger partial charge in [0.2, 0.25) is 0 Å². The van der Waals surface area contributed by atoms with Gasteiger partial charge in [0.1, 0.15) is 0 Å². The van der Waals surface area contributed by atoms with Crippen molar-refractivity contribution in [2.75, 3.05) is 6.61 Å². The molecule has 0 radical (unpaired) electrons. The zero-order valence-corrected chi connectivity index (χ0v) is 8.69. The van der Waals surface area contributed by atoms with Gasteiger partial charge in [-0.2, -0.15) is 0 Å². The highest BCUT2D eigenvalue weighted by molar-refractivity contribution is 5.75. The molecule has 4 aliphatic carbocycles. The second-order valence-electron chi connectivity index (χ2n) is 6.01. The first-order valence-corrected chi connectivity index (χ1v) is 5.82. The van der Waals surface area contributed by atoms with Crippen molar-refractivity contribution in [2.45, 2.75) is 20.3 Å². The second-order valence-corrected chi connectivity index (χ2v) is 6.01. The zero-order chi connectivity index (χ0) is 9.66. The molecular formula is C12H16O2. The van der Waals surface area contributed by atoms with Crippen molar-refractivity contribution in [2.24, 2.45) is 40.9 Å². The van der Waals surface area contributed by atoms with Gasteiger partial charge < -0.3 is 4.74 Å². The summed E-state index contributed by atoms with van der Waals surface area (Å²) in [5, 5.41) is 0. The maximum Gasteiger partial charge on any atom is 0.309 e. The highest BCUT2D eigenvalue weighted by atomic mass is 16.5. The lowest BCUT2D eigenvalue weighted by molar-refractivity contribution is -0.148. The molecule has 1 saturated heterocycles. The van der Waals surface area contributed by atoms with Gasteiger partial charge in [0, 0.05) is 5.92 Å². The first-order valence-electron chi connectivity index (χ1n) is 5.82. The minimum absolute atomic E-state index is 0.112. The average Bonchev–Trinajstić information content (AvgIpc) is 2.52. The Kier molecular flexibility index (Phi) is 1.04. The van der Waals surface area contributed by atoms with Gasteiger partial charge in [-0.15, -0.1) is 0 Å². The Morgan fingerprint density at radius 3 is 2.93 bits per heavy atom. The van der Waals surface area contributed by atoms with Crippen LogP contribution in [-0.2, 0) is 9.53 Å². The van der Waals surface area contributed by atoms with Crippen molar-refractivity contribution in [3.8, 4) is 0 Å². The lowest BCUT2D eigenvalue weighted by atomic mass is 9.52. The van der Waals surface area contributed by atoms with E-state index in [0.29, 0.717) is 23.9 Å². The molecule has 7 unspecified atom stereocenters. The van der Waals surface area contributed by atoms with Crippen molar-refractivity contribution >= 4 is 5.97 Å². The number of carbonyl (C=O) groups is 1. The van der Waals surface area contributed by atoms with E-state index in [1.165, 1.54) is 0 Å². The van der Waals surface area contributed by atoms with Gasteiger partial charge in [-0.3, -0.25) is 4.79 Å². The standard InChI is InChI=1S/C12H16O2/c1-5-7-3-6-10-9(5)8(12(7,10)2)4-14-11(6)13/h5-10H,3-4H2,1-2H3. The van der Waals surface area contributed by atoms with Gasteiger partial charge in [-0.25, -0.2) is 0 Å². The summed E-state index contributed by atoms with van der Waals surface area (Å²) in [6.07, 6.45) is 1.12. The van der Waals surface area contributed by atoms with Gasteiger partial charge in [-0.05, 0) is 35.5 Å². The molecule has 0 aromatic rings. The number of esters is 1. The van der Waals surface area contributed by atoms with Crippen LogP contribution in [0.25, 0.3) is 0 Å². The molecule has 1 aliphatic heterocycles. The number of hydrogen-bond acceptors (Lipinski definition) is 2. The van der Waals surface area contributed by atoms with Crippen LogP contribution in [0.1, 0.15) is 20.3 Å². The Labute approximate surface area is 84.0 Å². The van der Waals surface area contributed by atoms with E-state index in [9.17, 15) is 4.79 Å². The summed E-state index contributed by atoms with van der Waals surface area (Å²) in [5.74, 6) is 4.24. The van der Waals surface area contributed by atoms with E-state index in [2.05, 4.69) is 13.8 Å². The molecule has 0 N–H and O–H groups in total. The molecule has 2 nitrogen and oxygen atoms in total. The molecule has 7 atom stereocenters. The van der Waals surface area contributed by atoms with Gasteiger partial charge in [0.25, 0.3) is 0 Å². The predicted octanol–water partition coefficient (Wildman–Crippen LogP) is 1.70. The maximum absolute atomic E-state index is 11.7. The molecule has 0 amide bonds. The summed E-state index contributed by atoms with van der Waals surface area (Å²) in [4.78, 5) is 11.7. The smallest absolute Gasteiger partial charge is 0.309 e. The summed E-state index contributed by atoms with van der Waals surface area (Å²) < 4.78 is 5.36. The van der Waals surface area contributed by atoms with Crippen LogP contribution >= 0.6 is 0 Å². The van der Waals surface area contributed by atoms with Crippen molar-refractivity contribution in [1.82, 2.24) is 0 Å². The van der Waals surface area contributed by atoms with E-state index < -0.39 is 0 Å². The maximum atomic E-state index is 11.7. The van der Waals surface area contributed by atoms with E-state index in [-0.39, 0.29) is 11.9 Å². The predicted molar refractivity (Wildman–Crippen MR) is 50.3 cm³/mol. The minimum atomic E-state index is 0.112. The third kappa shape index (κ3) is 0.494. The Morgan fingerprint density at radius 2 is 2.21 bits per heavy atom. The quantitative estimate of drug-likeness (QED) is 0.546. The largest absolute Gasteiger partial charge is 0.465 e. The lowest BCUT2D eigenvalue weighted by Crippen LogP contribution is -2.50. The fourth-order valence-electron chi connectivity index (χ4n) is 5.66. The van der Waals surface area contributed by atoms with Gasteiger partial charge in [0.05, 0.1) is 12.5 Å². The van der Waals surface area contributed by atoms with Crippen LogP contribution in [0, 0.1) is 40.9 Å². The molecule has 0 aromatic heterocycles. The van der Waals surface area contributed by atoms with Crippen LogP contribution in [0.15, 0.2) is 0 Å². The van der Waals surface area contributed by atoms with E-state index in [0.717, 1.165) is 24.2 Å². The molecule has 5 fully saturated rings. The van der Waals surface area contributed by atoms with Crippen LogP contribution in [0.2, 0.25) is 0 Å². The van der Waals surface area contributed by atoms with Gasteiger partial charge in [-0.1, -0.05) is 13.8 Å². The van der Waals surface area contributed by atoms with Crippen molar-refractivity contribution < 1.29 is 9.53 Å². The first-order chi connectivity index (χ1) is 6.65. The fraction of sp³-hybridized carbons (Fsp3) is 0.917. The van der Waals surface area contributed by atoms with Gasteiger partial charge in [0.15, 0.2) is 0 Å². The molecule has 14 heavy (non-hydrogen) atoms. The normalized spacial score (nSPS) is 67.7. The molecule has 4 saturated carbocycles. The number of ether oxygens (including phenoxy) is 1. The summed E-state index contributed by atoms with van der Waals surface area (Å²) in [6.45, 7) is 5.52. The van der Waals surface area contributed by atoms with Crippen LogP contribution in [0.3, 0.4) is 0 Å². The highest BCUT2D eigenvalue weighted by Gasteiger charge is 2.79. The van der Waals surface area contributed by atoms with Crippen LogP contribution in [0.4, 0.5) is 0 Å². The van der Waals surface area contributed by atoms with Crippen molar-refractivity contribution in [3.63, 3.8) is 0 Å². The molecule has 76 valence electrons. The molecule has 2 heteroatoms. The second kappa shape index (κ2) is 1.89. The summed E-state index contributed by atoms with van der Waals surface area (Å²) in [5.41, 5.74) is 0.473. The molecule has 0 aromatic carbocycles. The van der Waals surface area contributed by atoms with Crippen LogP contribution < -0.4 is 0 Å². The molecule has 5 rings (SSSR count). The summed E-state index contributed by atoms with van der Waals surface area (Å²) in [7, 11) is 0. The molecular weight excluding hydrogens is 176 g/mol. The van der Waals surface area contributed by atoms with Crippen LogP contribution in [0.5, 0.6) is 0 Å². The number of carbonyl (C=O) groups excluding carboxylic acids is 1. The molecule has 5 aliphatic rings. The summed E-state index contributed by atoms with van der Waals surface area (Å²) >= 11 is 0. The first kappa shape index (κ1) is 7.72. The average molecular weight is 192 g/mol. The van der Waals surface area contributed by atoms with E-state index in [4.69, 9.17) is 4.74 Å². The van der Waals surface area contributed by atoms with E-state index in [1.807, 2.05) is 0 Å². The van der Waals surface area contributed by atoms with Gasteiger partial charge >= 0.3 is 5.97 Å². The number of hydrogen-bond donors (Lipinski definition) is 0. The monoisotopic (exact) mass is 192 g/mol. The highest BCUT2D eigenvalue weighted by Crippen LogP contribution is 2.80. The Hall–Kier alpha value is -0.530. The number of rotatable bonds is 0. The topological polar surface area (TPSA) is 26.3 Å². The number of cyclic esters (lactones) is 1. The third-order valence-corrected chi connectivity index (χ3v) is 6.09.